The zero-order chi connectivity index (χ0) is 31.4. The van der Waals surface area contributed by atoms with Crippen molar-refractivity contribution >= 4 is 43.9 Å². The number of nitrogens with one attached hydrogen (secondary N) is 1. The van der Waals surface area contributed by atoms with E-state index < -0.39 is 21.5 Å². The van der Waals surface area contributed by atoms with E-state index in [1.165, 1.54) is 0 Å². The smallest absolute Gasteiger partial charge is 0.244 e. The number of anilines is 1. The molecule has 3 aromatic carbocycles. The van der Waals surface area contributed by atoms with E-state index in [1.807, 2.05) is 50.2 Å². The van der Waals surface area contributed by atoms with Crippen LogP contribution in [-0.4, -0.2) is 55.1 Å². The van der Waals surface area contributed by atoms with Crippen LogP contribution in [0.15, 0.2) is 71.7 Å². The number of hydrogen-bond donors (Lipinski definition) is 3. The molecule has 0 saturated carbocycles. The van der Waals surface area contributed by atoms with E-state index in [1.54, 1.807) is 44.2 Å². The van der Waals surface area contributed by atoms with Gasteiger partial charge in [0.2, 0.25) is 15.9 Å². The lowest BCUT2D eigenvalue weighted by Gasteiger charge is -2.40. The van der Waals surface area contributed by atoms with Crippen molar-refractivity contribution in [3.8, 4) is 17.4 Å². The highest BCUT2D eigenvalue weighted by atomic mass is 32.2. The van der Waals surface area contributed by atoms with Crippen molar-refractivity contribution in [1.29, 1.82) is 0 Å². The van der Waals surface area contributed by atoms with Gasteiger partial charge in [0.05, 0.1) is 47.6 Å². The zero-order valence-corrected chi connectivity index (χ0v) is 25.9. The summed E-state index contributed by atoms with van der Waals surface area (Å²) in [6, 6.07) is 19.6. The van der Waals surface area contributed by atoms with Gasteiger partial charge >= 0.3 is 0 Å². The maximum atomic E-state index is 12.9. The third kappa shape index (κ3) is 6.17. The van der Waals surface area contributed by atoms with Gasteiger partial charge in [0, 0.05) is 17.0 Å². The molecule has 0 aliphatic heterocycles. The van der Waals surface area contributed by atoms with E-state index in [9.17, 15) is 18.3 Å². The molecular formula is C32H38N4O6S. The van der Waals surface area contributed by atoms with Gasteiger partial charge in [-0.05, 0) is 57.0 Å². The molecule has 1 aromatic heterocycles. The number of benzene rings is 3. The lowest BCUT2D eigenvalue weighted by Crippen LogP contribution is -2.59. The molecule has 0 radical (unpaired) electrons. The molecule has 4 N–H and O–H groups in total. The fraction of sp³-hybridized carbons (Fsp3) is 0.312. The summed E-state index contributed by atoms with van der Waals surface area (Å²) in [7, 11) is -3.87. The van der Waals surface area contributed by atoms with Crippen LogP contribution in [0.3, 0.4) is 0 Å². The molecule has 0 aliphatic rings. The maximum Gasteiger partial charge on any atom is 0.244 e. The van der Waals surface area contributed by atoms with Crippen LogP contribution in [0.5, 0.6) is 17.4 Å². The maximum absolute atomic E-state index is 12.9. The number of carbonyl (C=O) groups is 1. The number of H-pyrrole nitrogens is 1. The summed E-state index contributed by atoms with van der Waals surface area (Å²) in [5.74, 6) is 0.301. The lowest BCUT2D eigenvalue weighted by atomic mass is 9.91. The number of aromatic amines is 1. The molecule has 0 atom stereocenters. The summed E-state index contributed by atoms with van der Waals surface area (Å²) in [6.45, 7) is 8.12. The third-order valence-electron chi connectivity index (χ3n) is 7.40. The first-order valence-electron chi connectivity index (χ1n) is 14.2. The van der Waals surface area contributed by atoms with Gasteiger partial charge in [-0.1, -0.05) is 44.2 Å². The Morgan fingerprint density at radius 3 is 2.05 bits per heavy atom. The molecular weight excluding hydrogens is 568 g/mol. The standard InChI is InChI=1S/C32H38N4O6S/c1-6-32(7-2,31(33)38)36(43(5,39)40)23-17-15-22(16-18-23)34-29(21-13-11-10-12-14-21)28-24-19-26(41-8-3)27(42-9-4)20-25(24)35-30(28)37/h10-20,35,37H,6-9H2,1-5H3,(H2,33,38). The summed E-state index contributed by atoms with van der Waals surface area (Å²) in [6.07, 6.45) is 1.47. The molecule has 1 heterocycles. The van der Waals surface area contributed by atoms with Gasteiger partial charge in [-0.3, -0.25) is 9.10 Å². The molecule has 1 amide bonds. The van der Waals surface area contributed by atoms with Gasteiger partial charge in [-0.2, -0.15) is 0 Å². The fourth-order valence-corrected chi connectivity index (χ4v) is 6.85. The molecule has 0 spiro atoms. The van der Waals surface area contributed by atoms with Crippen LogP contribution in [0.2, 0.25) is 0 Å². The SMILES string of the molecule is CCOc1cc2[nH]c(O)c(C(=Nc3ccc(N(C(CC)(CC)C(N)=O)S(C)(=O)=O)cc3)c3ccccc3)c2cc1OCC. The summed E-state index contributed by atoms with van der Waals surface area (Å²) in [4.78, 5) is 20.5. The van der Waals surface area contributed by atoms with Gasteiger partial charge < -0.3 is 25.3 Å². The highest BCUT2D eigenvalue weighted by Crippen LogP contribution is 2.39. The molecule has 0 fully saturated rings. The molecule has 43 heavy (non-hydrogen) atoms. The average Bonchev–Trinajstić information content (AvgIpc) is 3.29. The summed E-state index contributed by atoms with van der Waals surface area (Å²) in [5, 5.41) is 11.8. The number of aliphatic imine (C=N–C) groups is 1. The molecule has 0 bridgehead atoms. The number of aromatic hydroxyl groups is 1. The van der Waals surface area contributed by atoms with Crippen molar-refractivity contribution in [2.75, 3.05) is 23.8 Å². The Morgan fingerprint density at radius 1 is 0.953 bits per heavy atom. The summed E-state index contributed by atoms with van der Waals surface area (Å²) < 4.78 is 38.6. The predicted octanol–water partition coefficient (Wildman–Crippen LogP) is 5.65. The van der Waals surface area contributed by atoms with E-state index in [0.29, 0.717) is 58.3 Å². The van der Waals surface area contributed by atoms with Gasteiger partial charge in [0.1, 0.15) is 5.54 Å². The van der Waals surface area contributed by atoms with Crippen LogP contribution in [0, 0.1) is 0 Å². The number of carbonyl (C=O) groups excluding carboxylic acids is 1. The number of rotatable bonds is 13. The van der Waals surface area contributed by atoms with Crippen LogP contribution < -0.4 is 19.5 Å². The molecule has 11 heteroatoms. The van der Waals surface area contributed by atoms with Crippen LogP contribution in [0.4, 0.5) is 11.4 Å². The normalized spacial score (nSPS) is 12.3. The van der Waals surface area contributed by atoms with Crippen molar-refractivity contribution in [3.05, 3.63) is 77.9 Å². The topological polar surface area (TPSA) is 147 Å². The van der Waals surface area contributed by atoms with Crippen molar-refractivity contribution < 1.29 is 27.8 Å². The molecule has 4 rings (SSSR count). The van der Waals surface area contributed by atoms with E-state index in [-0.39, 0.29) is 18.7 Å². The number of aromatic nitrogens is 1. The van der Waals surface area contributed by atoms with E-state index >= 15 is 0 Å². The summed E-state index contributed by atoms with van der Waals surface area (Å²) in [5.41, 5.74) is 7.47. The largest absolute Gasteiger partial charge is 0.494 e. The minimum atomic E-state index is -3.87. The van der Waals surface area contributed by atoms with Gasteiger partial charge in [0.25, 0.3) is 0 Å². The zero-order valence-electron chi connectivity index (χ0n) is 25.0. The minimum absolute atomic E-state index is 0.0781. The number of sulfonamides is 1. The Bertz CT molecular complexity index is 1730. The Hall–Kier alpha value is -4.51. The monoisotopic (exact) mass is 606 g/mol. The Balaban J connectivity index is 1.90. The van der Waals surface area contributed by atoms with Gasteiger partial charge in [-0.15, -0.1) is 0 Å². The van der Waals surface area contributed by atoms with Gasteiger partial charge in [0.15, 0.2) is 17.4 Å². The highest BCUT2D eigenvalue weighted by molar-refractivity contribution is 7.92. The third-order valence-corrected chi connectivity index (χ3v) is 8.62. The number of ether oxygens (including phenoxy) is 2. The Kier molecular flexibility index (Phi) is 9.34. The second kappa shape index (κ2) is 12.8. The minimum Gasteiger partial charge on any atom is -0.494 e. The first-order valence-corrected chi connectivity index (χ1v) is 16.0. The number of nitrogens with two attached hydrogens (primary N) is 1. The molecule has 0 saturated heterocycles. The van der Waals surface area contributed by atoms with Crippen LogP contribution >= 0.6 is 0 Å². The van der Waals surface area contributed by atoms with Crippen molar-refractivity contribution in [2.24, 2.45) is 10.7 Å². The van der Waals surface area contributed by atoms with Crippen LogP contribution in [-0.2, 0) is 14.8 Å². The van der Waals surface area contributed by atoms with Crippen molar-refractivity contribution in [1.82, 2.24) is 4.98 Å². The first-order chi connectivity index (χ1) is 20.5. The lowest BCUT2D eigenvalue weighted by molar-refractivity contribution is -0.123. The number of amides is 1. The van der Waals surface area contributed by atoms with Crippen LogP contribution in [0.25, 0.3) is 10.9 Å². The number of hydrogen-bond acceptors (Lipinski definition) is 7. The Labute approximate surface area is 252 Å². The van der Waals surface area contributed by atoms with Crippen LogP contribution in [0.1, 0.15) is 51.7 Å². The molecule has 10 nitrogen and oxygen atoms in total. The highest BCUT2D eigenvalue weighted by Gasteiger charge is 2.44. The second-order valence-corrected chi connectivity index (χ2v) is 11.9. The second-order valence-electron chi connectivity index (χ2n) is 10.0. The van der Waals surface area contributed by atoms with E-state index in [2.05, 4.69) is 4.98 Å². The van der Waals surface area contributed by atoms with E-state index in [4.69, 9.17) is 20.2 Å². The van der Waals surface area contributed by atoms with Crippen molar-refractivity contribution in [3.63, 3.8) is 0 Å². The quantitative estimate of drug-likeness (QED) is 0.168. The average molecular weight is 607 g/mol. The molecule has 4 aromatic rings. The molecule has 228 valence electrons. The number of nitrogens with zero attached hydrogens (tertiary/aromatic N) is 2. The fourth-order valence-electron chi connectivity index (χ4n) is 5.36. The van der Waals surface area contributed by atoms with E-state index in [0.717, 1.165) is 16.1 Å². The predicted molar refractivity (Wildman–Crippen MR) is 170 cm³/mol. The summed E-state index contributed by atoms with van der Waals surface area (Å²) >= 11 is 0. The first kappa shape index (κ1) is 31.4. The van der Waals surface area contributed by atoms with Gasteiger partial charge in [-0.25, -0.2) is 13.4 Å². The van der Waals surface area contributed by atoms with Crippen molar-refractivity contribution in [2.45, 2.75) is 46.1 Å². The number of primary amides is 1. The number of fused-ring (bicyclic) bond motifs is 1. The molecule has 0 aliphatic carbocycles. The molecule has 0 unspecified atom stereocenters. The Morgan fingerprint density at radius 2 is 1.53 bits per heavy atom.